The molecule has 0 saturated carbocycles. The van der Waals surface area contributed by atoms with E-state index in [4.69, 9.17) is 25.8 Å². The van der Waals surface area contributed by atoms with Crippen molar-refractivity contribution >= 4 is 21.4 Å². The molecule has 0 aromatic carbocycles. The summed E-state index contributed by atoms with van der Waals surface area (Å²) in [6.45, 7) is 3.99. The summed E-state index contributed by atoms with van der Waals surface area (Å²) >= 11 is 5.87. The first kappa shape index (κ1) is 27.1. The molecule has 3 heterocycles. The van der Waals surface area contributed by atoms with Gasteiger partial charge in [-0.1, -0.05) is 11.6 Å². The third-order valence-corrected chi connectivity index (χ3v) is 7.69. The number of rotatable bonds is 12. The highest BCUT2D eigenvalue weighted by molar-refractivity contribution is 7.91. The van der Waals surface area contributed by atoms with Gasteiger partial charge in [-0.3, -0.25) is 4.98 Å². The van der Waals surface area contributed by atoms with Crippen LogP contribution in [0.15, 0.2) is 30.9 Å². The van der Waals surface area contributed by atoms with Crippen molar-refractivity contribution in [2.45, 2.75) is 37.0 Å². The van der Waals surface area contributed by atoms with E-state index in [1.807, 2.05) is 13.0 Å². The molecule has 0 aliphatic heterocycles. The Morgan fingerprint density at radius 1 is 1.03 bits per heavy atom. The fourth-order valence-corrected chi connectivity index (χ4v) is 5.26. The van der Waals surface area contributed by atoms with E-state index in [9.17, 15) is 8.42 Å². The molecule has 0 bridgehead atoms. The molecule has 190 valence electrons. The van der Waals surface area contributed by atoms with Crippen LogP contribution in [0.4, 0.5) is 0 Å². The molecule has 0 spiro atoms. The van der Waals surface area contributed by atoms with Crippen LogP contribution in [0.25, 0.3) is 11.4 Å². The van der Waals surface area contributed by atoms with Crippen molar-refractivity contribution < 1.29 is 22.6 Å². The summed E-state index contributed by atoms with van der Waals surface area (Å²) in [5.41, 5.74) is 1.64. The third kappa shape index (κ3) is 6.39. The second kappa shape index (κ2) is 12.0. The molecule has 3 aromatic rings. The van der Waals surface area contributed by atoms with Crippen molar-refractivity contribution in [2.75, 3.05) is 34.5 Å². The lowest BCUT2D eigenvalue weighted by atomic mass is 10.2. The Morgan fingerprint density at radius 2 is 1.69 bits per heavy atom. The van der Waals surface area contributed by atoms with Crippen molar-refractivity contribution in [1.29, 1.82) is 0 Å². The smallest absolute Gasteiger partial charge is 0.165 e. The predicted octanol–water partition coefficient (Wildman–Crippen LogP) is 2.62. The van der Waals surface area contributed by atoms with Gasteiger partial charge in [0.25, 0.3) is 0 Å². The Morgan fingerprint density at radius 3 is 2.26 bits per heavy atom. The summed E-state index contributed by atoms with van der Waals surface area (Å²) in [4.78, 5) is 12.5. The molecule has 0 aliphatic carbocycles. The van der Waals surface area contributed by atoms with E-state index >= 15 is 0 Å². The number of hydrogen-bond acceptors (Lipinski definition) is 10. The van der Waals surface area contributed by atoms with Gasteiger partial charge in [0.1, 0.15) is 17.7 Å². The Labute approximate surface area is 209 Å². The molecule has 3 aromatic heterocycles. The van der Waals surface area contributed by atoms with Crippen molar-refractivity contribution in [2.24, 2.45) is 0 Å². The molecule has 3 rings (SSSR count). The van der Waals surface area contributed by atoms with Crippen molar-refractivity contribution in [3.63, 3.8) is 0 Å². The van der Waals surface area contributed by atoms with E-state index in [0.29, 0.717) is 16.4 Å². The molecule has 0 amide bonds. The zero-order chi connectivity index (χ0) is 25.6. The lowest BCUT2D eigenvalue weighted by molar-refractivity contribution is 0.0887. The number of ether oxygens (including phenoxy) is 3. The number of hydrogen-bond donors (Lipinski definition) is 0. The molecule has 0 saturated heterocycles. The Bertz CT molecular complexity index is 1220. The first-order valence-corrected chi connectivity index (χ1v) is 12.9. The first-order chi connectivity index (χ1) is 16.7. The van der Waals surface area contributed by atoms with Gasteiger partial charge in [-0.15, -0.1) is 10.2 Å². The molecule has 11 nitrogen and oxygen atoms in total. The molecule has 0 radical (unpaired) electrons. The van der Waals surface area contributed by atoms with Crippen LogP contribution < -0.4 is 0 Å². The highest BCUT2D eigenvalue weighted by Crippen LogP contribution is 2.28. The van der Waals surface area contributed by atoms with Gasteiger partial charge in [0.15, 0.2) is 21.5 Å². The largest absolute Gasteiger partial charge is 0.382 e. The zero-order valence-corrected chi connectivity index (χ0v) is 21.8. The van der Waals surface area contributed by atoms with Crippen LogP contribution in [0, 0.1) is 6.92 Å². The van der Waals surface area contributed by atoms with Crippen LogP contribution in [0.1, 0.15) is 36.3 Å². The van der Waals surface area contributed by atoms with Crippen LogP contribution >= 0.6 is 11.6 Å². The van der Waals surface area contributed by atoms with E-state index < -0.39 is 26.9 Å². The number of pyridine rings is 1. The SMILES string of the molecule is COCC(COC)n1c(CS(=O)(=O)[C@@H](C)[C@H](OC)c2ncc(Cl)cn2)nnc1-c1cncc(C)c1. The van der Waals surface area contributed by atoms with Crippen LogP contribution in [-0.4, -0.2) is 77.9 Å². The quantitative estimate of drug-likeness (QED) is 0.348. The Hall–Kier alpha value is -2.51. The molecule has 13 heteroatoms. The highest BCUT2D eigenvalue weighted by atomic mass is 35.5. The first-order valence-electron chi connectivity index (χ1n) is 10.8. The Balaban J connectivity index is 2.02. The minimum atomic E-state index is -3.80. The van der Waals surface area contributed by atoms with Crippen molar-refractivity contribution in [3.8, 4) is 11.4 Å². The standard InChI is InChI=1S/C22H29ClN6O5S/c1-14-6-16(8-24-7-14)22-28-27-19(29(22)18(11-32-3)12-33-4)13-35(30,31)15(2)20(34-5)21-25-9-17(23)10-26-21/h6-10,15,18,20H,11-13H2,1-5H3/t15-,20-/m0/s1. The molecule has 0 unspecified atom stereocenters. The fourth-order valence-electron chi connectivity index (χ4n) is 3.74. The summed E-state index contributed by atoms with van der Waals surface area (Å²) < 4.78 is 45.0. The predicted molar refractivity (Wildman–Crippen MR) is 130 cm³/mol. The second-order valence-corrected chi connectivity index (χ2v) is 10.8. The van der Waals surface area contributed by atoms with Crippen LogP contribution in [0.5, 0.6) is 0 Å². The molecule has 35 heavy (non-hydrogen) atoms. The summed E-state index contributed by atoms with van der Waals surface area (Å²) in [7, 11) is 0.734. The zero-order valence-electron chi connectivity index (χ0n) is 20.3. The average molecular weight is 525 g/mol. The van der Waals surface area contributed by atoms with Crippen LogP contribution in [-0.2, 0) is 29.8 Å². The number of aryl methyl sites for hydroxylation is 1. The lowest BCUT2D eigenvalue weighted by Gasteiger charge is -2.23. The number of aromatic nitrogens is 6. The van der Waals surface area contributed by atoms with Gasteiger partial charge in [-0.2, -0.15) is 0 Å². The monoisotopic (exact) mass is 524 g/mol. The van der Waals surface area contributed by atoms with Gasteiger partial charge in [-0.05, 0) is 25.5 Å². The van der Waals surface area contributed by atoms with Crippen molar-refractivity contribution in [3.05, 3.63) is 53.1 Å². The van der Waals surface area contributed by atoms with Crippen LogP contribution in [0.2, 0.25) is 5.02 Å². The summed E-state index contributed by atoms with van der Waals surface area (Å²) in [5.74, 6) is 0.553. The van der Waals surface area contributed by atoms with Gasteiger partial charge in [0.05, 0.1) is 29.5 Å². The summed E-state index contributed by atoms with van der Waals surface area (Å²) in [5, 5.41) is 7.93. The molecular formula is C22H29ClN6O5S. The minimum absolute atomic E-state index is 0.220. The molecule has 0 fully saturated rings. The maximum absolute atomic E-state index is 13.5. The third-order valence-electron chi connectivity index (χ3n) is 5.45. The summed E-state index contributed by atoms with van der Waals surface area (Å²) in [6.07, 6.45) is 5.28. The van der Waals surface area contributed by atoms with Gasteiger partial charge in [0.2, 0.25) is 0 Å². The normalized spacial score (nSPS) is 13.8. The topological polar surface area (TPSA) is 131 Å². The van der Waals surface area contributed by atoms with Gasteiger partial charge >= 0.3 is 0 Å². The van der Waals surface area contributed by atoms with Gasteiger partial charge < -0.3 is 18.8 Å². The van der Waals surface area contributed by atoms with E-state index in [1.54, 1.807) is 38.1 Å². The van der Waals surface area contributed by atoms with Gasteiger partial charge in [-0.25, -0.2) is 18.4 Å². The minimum Gasteiger partial charge on any atom is -0.382 e. The maximum atomic E-state index is 13.5. The average Bonchev–Trinajstić information content (AvgIpc) is 3.23. The maximum Gasteiger partial charge on any atom is 0.165 e. The van der Waals surface area contributed by atoms with Crippen molar-refractivity contribution in [1.82, 2.24) is 29.7 Å². The van der Waals surface area contributed by atoms with Gasteiger partial charge in [0, 0.05) is 51.7 Å². The number of methoxy groups -OCH3 is 3. The highest BCUT2D eigenvalue weighted by Gasteiger charge is 2.35. The molecular weight excluding hydrogens is 496 g/mol. The lowest BCUT2D eigenvalue weighted by Crippen LogP contribution is -2.31. The summed E-state index contributed by atoms with van der Waals surface area (Å²) in [6, 6.07) is 1.54. The molecule has 0 N–H and O–H groups in total. The van der Waals surface area contributed by atoms with E-state index in [2.05, 4.69) is 25.1 Å². The number of halogens is 1. The van der Waals surface area contributed by atoms with E-state index in [-0.39, 0.29) is 30.9 Å². The number of sulfone groups is 1. The molecule has 2 atom stereocenters. The fraction of sp³-hybridized carbons (Fsp3) is 0.500. The van der Waals surface area contributed by atoms with Crippen LogP contribution in [0.3, 0.4) is 0 Å². The molecule has 0 aliphatic rings. The second-order valence-electron chi connectivity index (χ2n) is 8.05. The van der Waals surface area contributed by atoms with E-state index in [1.165, 1.54) is 19.5 Å². The Kier molecular flexibility index (Phi) is 9.25. The van der Waals surface area contributed by atoms with E-state index in [0.717, 1.165) is 5.56 Å². The number of nitrogens with zero attached hydrogens (tertiary/aromatic N) is 6.